The fourth-order valence-electron chi connectivity index (χ4n) is 3.44. The Kier molecular flexibility index (Phi) is 8.51. The molecule has 0 saturated carbocycles. The standard InChI is InChI=1S/2C5H5.2C2H6Si.2ClH.Ti/c2*1-2-4-5-3-1;2*1-3-2;;;/h2*1-3H,4H2;2*1-2H3;2*1H;. The first-order chi connectivity index (χ1) is 8.10. The number of hydrogen-bond acceptors (Lipinski definition) is 0. The molecule has 2 rings (SSSR count). The topological polar surface area (TPSA) is 0 Å². The van der Waals surface area contributed by atoms with Crippen LogP contribution in [-0.2, 0) is 14.1 Å². The third kappa shape index (κ3) is 3.48. The van der Waals surface area contributed by atoms with Crippen molar-refractivity contribution in [2.45, 2.75) is 39.0 Å². The second kappa shape index (κ2) is 8.21. The molecule has 0 spiro atoms. The summed E-state index contributed by atoms with van der Waals surface area (Å²) in [4.78, 5) is 0. The van der Waals surface area contributed by atoms with Crippen LogP contribution >= 0.6 is 24.8 Å². The minimum absolute atomic E-state index is 0. The van der Waals surface area contributed by atoms with E-state index in [1.807, 2.05) is 7.76 Å². The molecule has 0 radical (unpaired) electrons. The van der Waals surface area contributed by atoms with Crippen molar-refractivity contribution in [1.29, 1.82) is 0 Å². The van der Waals surface area contributed by atoms with Crippen molar-refractivity contribution in [2.75, 3.05) is 0 Å². The summed E-state index contributed by atoms with van der Waals surface area (Å²) in [6.45, 7) is 10.3. The molecule has 0 amide bonds. The molecule has 5 heteroatoms. The van der Waals surface area contributed by atoms with E-state index < -0.39 is 14.1 Å². The molecular formula is C14H24Cl2Si2Ti. The summed E-state index contributed by atoms with van der Waals surface area (Å²) < 4.78 is 3.77. The zero-order chi connectivity index (χ0) is 12.5. The average molecular weight is 367 g/mol. The maximum absolute atomic E-state index is 2.58. The van der Waals surface area contributed by atoms with Gasteiger partial charge in [-0.05, 0) is 0 Å². The van der Waals surface area contributed by atoms with Crippen molar-refractivity contribution >= 4 is 37.2 Å². The molecule has 0 saturated heterocycles. The van der Waals surface area contributed by atoms with Crippen LogP contribution in [0.1, 0.15) is 12.8 Å². The van der Waals surface area contributed by atoms with Crippen molar-refractivity contribution in [2.24, 2.45) is 0 Å². The third-order valence-corrected chi connectivity index (χ3v) is 42.9. The van der Waals surface area contributed by atoms with Gasteiger partial charge >= 0.3 is 110 Å². The largest absolute Gasteiger partial charge is 0.147 e. The van der Waals surface area contributed by atoms with E-state index in [2.05, 4.69) is 62.6 Å². The summed E-state index contributed by atoms with van der Waals surface area (Å²) in [5.74, 6) is 0. The molecule has 0 fully saturated rings. The van der Waals surface area contributed by atoms with Crippen molar-refractivity contribution in [3.8, 4) is 0 Å². The molecule has 0 nitrogen and oxygen atoms in total. The van der Waals surface area contributed by atoms with Gasteiger partial charge in [0.15, 0.2) is 0 Å². The summed E-state index contributed by atoms with van der Waals surface area (Å²) in [5, 5.41) is 0. The van der Waals surface area contributed by atoms with Gasteiger partial charge in [-0.3, -0.25) is 0 Å². The molecule has 0 unspecified atom stereocenters. The predicted octanol–water partition coefficient (Wildman–Crippen LogP) is 5.17. The summed E-state index contributed by atoms with van der Waals surface area (Å²) >= 11 is -1.89. The summed E-state index contributed by atoms with van der Waals surface area (Å²) in [6, 6.07) is 0. The van der Waals surface area contributed by atoms with Gasteiger partial charge in [-0.15, -0.1) is 24.8 Å². The Labute approximate surface area is 133 Å². The van der Waals surface area contributed by atoms with Gasteiger partial charge in [0.1, 0.15) is 0 Å². The molecule has 0 atom stereocenters. The molecule has 0 aliphatic heterocycles. The molecular weight excluding hydrogens is 343 g/mol. The van der Waals surface area contributed by atoms with Crippen LogP contribution in [-0.4, -0.2) is 12.4 Å². The number of halogens is 2. The minimum atomic E-state index is -1.89. The van der Waals surface area contributed by atoms with Gasteiger partial charge < -0.3 is 0 Å². The fraction of sp³-hybridized carbons (Fsp3) is 0.429. The molecule has 0 N–H and O–H groups in total. The maximum Gasteiger partial charge on any atom is -0.147 e. The summed E-state index contributed by atoms with van der Waals surface area (Å²) in [6.07, 6.45) is 16.5. The predicted molar refractivity (Wildman–Crippen MR) is 93.1 cm³/mol. The van der Waals surface area contributed by atoms with E-state index in [9.17, 15) is 0 Å². The van der Waals surface area contributed by atoms with Crippen molar-refractivity contribution in [1.82, 2.24) is 0 Å². The van der Waals surface area contributed by atoms with Gasteiger partial charge in [-0.1, -0.05) is 0 Å². The molecule has 106 valence electrons. The molecule has 0 bridgehead atoms. The third-order valence-electron chi connectivity index (χ3n) is 4.01. The van der Waals surface area contributed by atoms with Gasteiger partial charge in [0.05, 0.1) is 0 Å². The fourth-order valence-corrected chi connectivity index (χ4v) is 42.2. The average Bonchev–Trinajstić information content (AvgIpc) is 2.88. The second-order valence-corrected chi connectivity index (χ2v) is 31.4. The SMILES string of the molecule is C[Si](C)=[Ti]([C]1=CC=CC1)([C]1=CC=CC1)=[Si](C)C.Cl.Cl. The summed E-state index contributed by atoms with van der Waals surface area (Å²) in [7, 11) is 0. The van der Waals surface area contributed by atoms with Gasteiger partial charge in [-0.25, -0.2) is 0 Å². The zero-order valence-corrected chi connectivity index (χ0v) is 17.4. The van der Waals surface area contributed by atoms with Gasteiger partial charge in [0, 0.05) is 0 Å². The minimum Gasteiger partial charge on any atom is -0.147 e. The molecule has 19 heavy (non-hydrogen) atoms. The van der Waals surface area contributed by atoms with E-state index in [0.717, 1.165) is 0 Å². The Balaban J connectivity index is 0.00000162. The Morgan fingerprint density at radius 3 is 1.37 bits per heavy atom. The van der Waals surface area contributed by atoms with Crippen molar-refractivity contribution in [3.63, 3.8) is 0 Å². The van der Waals surface area contributed by atoms with Crippen LogP contribution in [0.2, 0.25) is 26.2 Å². The van der Waals surface area contributed by atoms with E-state index in [1.54, 1.807) is 0 Å². The van der Waals surface area contributed by atoms with Crippen LogP contribution in [0.4, 0.5) is 0 Å². The molecule has 0 aromatic rings. The van der Waals surface area contributed by atoms with Crippen molar-refractivity contribution in [3.05, 3.63) is 44.2 Å². The Bertz CT molecular complexity index is 523. The van der Waals surface area contributed by atoms with Crippen LogP contribution in [0.3, 0.4) is 0 Å². The molecule has 2 aliphatic rings. The Hall–Kier alpha value is 0.688. The number of rotatable bonds is 2. The van der Waals surface area contributed by atoms with E-state index in [-0.39, 0.29) is 37.2 Å². The molecule has 2 aliphatic carbocycles. The molecule has 0 aromatic heterocycles. The van der Waals surface area contributed by atoms with Crippen LogP contribution in [0.15, 0.2) is 44.2 Å². The van der Waals surface area contributed by atoms with Crippen LogP contribution < -0.4 is 0 Å². The molecule has 0 aromatic carbocycles. The molecule has 0 heterocycles. The number of hydrogen-bond donors (Lipinski definition) is 0. The summed E-state index contributed by atoms with van der Waals surface area (Å²) in [5.41, 5.74) is 0. The monoisotopic (exact) mass is 366 g/mol. The maximum atomic E-state index is 2.58. The van der Waals surface area contributed by atoms with E-state index >= 15 is 0 Å². The normalized spacial score (nSPS) is 15.6. The van der Waals surface area contributed by atoms with Gasteiger partial charge in [0.2, 0.25) is 0 Å². The number of allylic oxidation sites excluding steroid dienone is 8. The van der Waals surface area contributed by atoms with Crippen LogP contribution in [0.5, 0.6) is 0 Å². The second-order valence-electron chi connectivity index (χ2n) is 5.40. The van der Waals surface area contributed by atoms with Gasteiger partial charge in [0.25, 0.3) is 0 Å². The van der Waals surface area contributed by atoms with Crippen LogP contribution in [0, 0.1) is 0 Å². The Morgan fingerprint density at radius 2 is 1.16 bits per heavy atom. The van der Waals surface area contributed by atoms with Gasteiger partial charge in [-0.2, -0.15) is 0 Å². The van der Waals surface area contributed by atoms with E-state index in [1.165, 1.54) is 12.8 Å². The Morgan fingerprint density at radius 1 is 0.789 bits per heavy atom. The zero-order valence-electron chi connectivity index (χ0n) is 12.2. The first-order valence-corrected chi connectivity index (χ1v) is 17.7. The first kappa shape index (κ1) is 19.7. The van der Waals surface area contributed by atoms with E-state index in [0.29, 0.717) is 0 Å². The smallest absolute Gasteiger partial charge is 0.147 e. The van der Waals surface area contributed by atoms with Crippen LogP contribution in [0.25, 0.3) is 0 Å². The van der Waals surface area contributed by atoms with E-state index in [4.69, 9.17) is 0 Å². The quantitative estimate of drug-likeness (QED) is 0.591. The first-order valence-electron chi connectivity index (χ1n) is 6.43. The van der Waals surface area contributed by atoms with Crippen molar-refractivity contribution < 1.29 is 14.1 Å².